The third kappa shape index (κ3) is 6.10. The van der Waals surface area contributed by atoms with Gasteiger partial charge in [-0.15, -0.1) is 0 Å². The Morgan fingerprint density at radius 2 is 1.80 bits per heavy atom. The number of hydrogen-bond acceptors (Lipinski definition) is 5. The van der Waals surface area contributed by atoms with E-state index in [0.29, 0.717) is 17.7 Å². The zero-order valence-electron chi connectivity index (χ0n) is 20.8. The fourth-order valence-corrected chi connectivity index (χ4v) is 5.32. The van der Waals surface area contributed by atoms with Crippen LogP contribution in [0.1, 0.15) is 44.4 Å². The third-order valence-corrected chi connectivity index (χ3v) is 7.66. The highest BCUT2D eigenvalue weighted by molar-refractivity contribution is 7.89. The van der Waals surface area contributed by atoms with Crippen LogP contribution in [0.25, 0.3) is 0 Å². The Bertz CT molecular complexity index is 1210. The van der Waals surface area contributed by atoms with Gasteiger partial charge in [-0.25, -0.2) is 22.3 Å². The van der Waals surface area contributed by atoms with Crippen LogP contribution < -0.4 is 5.32 Å². The van der Waals surface area contributed by atoms with Gasteiger partial charge in [0.15, 0.2) is 0 Å². The lowest BCUT2D eigenvalue weighted by atomic mass is 9.92. The van der Waals surface area contributed by atoms with Crippen LogP contribution in [-0.2, 0) is 19.6 Å². The molecule has 0 radical (unpaired) electrons. The molecule has 1 atom stereocenters. The van der Waals surface area contributed by atoms with E-state index in [9.17, 15) is 18.0 Å². The maximum atomic E-state index is 13.1. The second kappa shape index (κ2) is 11.0. The number of nitrogens with zero attached hydrogens (tertiary/aromatic N) is 2. The van der Waals surface area contributed by atoms with Crippen LogP contribution in [0.3, 0.4) is 0 Å². The van der Waals surface area contributed by atoms with E-state index in [4.69, 9.17) is 4.74 Å². The van der Waals surface area contributed by atoms with Gasteiger partial charge in [0.05, 0.1) is 22.6 Å². The number of aryl methyl sites for hydroxylation is 1. The lowest BCUT2D eigenvalue weighted by molar-refractivity contribution is -0.143. The molecule has 0 aromatic heterocycles. The van der Waals surface area contributed by atoms with Crippen molar-refractivity contribution in [2.45, 2.75) is 51.2 Å². The van der Waals surface area contributed by atoms with Crippen molar-refractivity contribution in [3.63, 3.8) is 0 Å². The lowest BCUT2D eigenvalue weighted by Crippen LogP contribution is -2.49. The third-order valence-electron chi connectivity index (χ3n) is 5.79. The summed E-state index contributed by atoms with van der Waals surface area (Å²) in [6, 6.07) is 14.9. The predicted molar refractivity (Wildman–Crippen MR) is 134 cm³/mol. The number of carbonyl (C=O) groups excluding carboxylic acids is 2. The Kier molecular flexibility index (Phi) is 8.34. The molecule has 0 saturated carbocycles. The molecule has 2 aromatic rings. The first-order valence-corrected chi connectivity index (χ1v) is 13.0. The zero-order valence-corrected chi connectivity index (χ0v) is 21.6. The Morgan fingerprint density at radius 3 is 2.43 bits per heavy atom. The van der Waals surface area contributed by atoms with Crippen molar-refractivity contribution in [1.29, 1.82) is 0 Å². The molecule has 1 aliphatic heterocycles. The molecule has 35 heavy (non-hydrogen) atoms. The van der Waals surface area contributed by atoms with Gasteiger partial charge in [0.2, 0.25) is 10.0 Å². The van der Waals surface area contributed by atoms with E-state index in [-0.39, 0.29) is 30.1 Å². The molecule has 0 fully saturated rings. The largest absolute Gasteiger partial charge is 0.459 e. The first kappa shape index (κ1) is 26.4. The fourth-order valence-electron chi connectivity index (χ4n) is 4.09. The van der Waals surface area contributed by atoms with Gasteiger partial charge >= 0.3 is 12.0 Å². The molecule has 9 heteroatoms. The number of allylic oxidation sites excluding steroid dienone is 1. The normalized spacial score (nSPS) is 16.6. The van der Waals surface area contributed by atoms with Crippen LogP contribution in [0.4, 0.5) is 4.79 Å². The number of esters is 1. The van der Waals surface area contributed by atoms with Gasteiger partial charge in [-0.3, -0.25) is 0 Å². The van der Waals surface area contributed by atoms with Gasteiger partial charge in [-0.2, -0.15) is 0 Å². The van der Waals surface area contributed by atoms with E-state index < -0.39 is 22.0 Å². The van der Waals surface area contributed by atoms with E-state index in [1.165, 1.54) is 11.4 Å². The summed E-state index contributed by atoms with van der Waals surface area (Å²) in [6.07, 6.45) is 0.0630. The summed E-state index contributed by atoms with van der Waals surface area (Å²) in [6.45, 7) is 7.63. The molecular weight excluding hydrogens is 466 g/mol. The van der Waals surface area contributed by atoms with Gasteiger partial charge in [-0.05, 0) is 51.8 Å². The number of nitrogens with one attached hydrogen (secondary N) is 1. The average Bonchev–Trinajstić information content (AvgIpc) is 2.79. The van der Waals surface area contributed by atoms with Crippen LogP contribution in [-0.4, -0.2) is 55.9 Å². The van der Waals surface area contributed by atoms with Crippen LogP contribution in [0.15, 0.2) is 70.8 Å². The highest BCUT2D eigenvalue weighted by Crippen LogP contribution is 2.35. The molecule has 1 aliphatic rings. The molecule has 0 spiro atoms. The minimum atomic E-state index is -3.64. The van der Waals surface area contributed by atoms with Crippen molar-refractivity contribution < 1.29 is 22.7 Å². The second-order valence-electron chi connectivity index (χ2n) is 8.93. The van der Waals surface area contributed by atoms with E-state index in [0.717, 1.165) is 11.1 Å². The number of urea groups is 1. The molecule has 1 heterocycles. The number of carbonyl (C=O) groups is 2. The second-order valence-corrected chi connectivity index (χ2v) is 11.0. The number of benzene rings is 2. The van der Waals surface area contributed by atoms with Crippen molar-refractivity contribution in [1.82, 2.24) is 14.5 Å². The Morgan fingerprint density at radius 1 is 1.11 bits per heavy atom. The van der Waals surface area contributed by atoms with Crippen LogP contribution in [0.2, 0.25) is 0 Å². The highest BCUT2D eigenvalue weighted by Gasteiger charge is 2.38. The lowest BCUT2D eigenvalue weighted by Gasteiger charge is -2.38. The maximum absolute atomic E-state index is 13.1. The molecule has 0 saturated heterocycles. The van der Waals surface area contributed by atoms with Gasteiger partial charge in [-0.1, -0.05) is 48.0 Å². The van der Waals surface area contributed by atoms with Gasteiger partial charge in [0, 0.05) is 25.8 Å². The summed E-state index contributed by atoms with van der Waals surface area (Å²) >= 11 is 0. The topological polar surface area (TPSA) is 96.0 Å². The molecule has 3 rings (SSSR count). The van der Waals surface area contributed by atoms with Gasteiger partial charge < -0.3 is 15.0 Å². The van der Waals surface area contributed by atoms with Crippen molar-refractivity contribution >= 4 is 22.0 Å². The van der Waals surface area contributed by atoms with Crippen LogP contribution >= 0.6 is 0 Å². The maximum Gasteiger partial charge on any atom is 0.338 e. The molecular formula is C26H33N3O5S. The predicted octanol–water partition coefficient (Wildman–Crippen LogP) is 4.00. The number of rotatable bonds is 9. The number of hydrogen-bond donors (Lipinski definition) is 1. The summed E-state index contributed by atoms with van der Waals surface area (Å²) in [4.78, 5) is 27.9. The smallest absolute Gasteiger partial charge is 0.338 e. The minimum Gasteiger partial charge on any atom is -0.459 e. The fraction of sp³-hybridized carbons (Fsp3) is 0.385. The van der Waals surface area contributed by atoms with E-state index in [1.54, 1.807) is 56.0 Å². The molecule has 0 bridgehead atoms. The SMILES string of the molecule is CC1=C(C(=O)OC(C)C)C(c2cccc(C)c2)N(CCCN(C)S(=O)(=O)c2ccccc2)C(=O)N1. The molecule has 0 aliphatic carbocycles. The molecule has 1 N–H and O–H groups in total. The van der Waals surface area contributed by atoms with E-state index in [2.05, 4.69) is 5.32 Å². The summed E-state index contributed by atoms with van der Waals surface area (Å²) in [5.74, 6) is -0.488. The average molecular weight is 500 g/mol. The molecule has 2 amide bonds. The summed E-state index contributed by atoms with van der Waals surface area (Å²) in [5, 5.41) is 2.78. The zero-order chi connectivity index (χ0) is 25.8. The monoisotopic (exact) mass is 499 g/mol. The van der Waals surface area contributed by atoms with Crippen molar-refractivity contribution in [3.05, 3.63) is 77.0 Å². The summed E-state index contributed by atoms with van der Waals surface area (Å²) in [5.41, 5.74) is 2.61. The van der Waals surface area contributed by atoms with Gasteiger partial charge in [0.1, 0.15) is 0 Å². The van der Waals surface area contributed by atoms with Crippen LogP contribution in [0.5, 0.6) is 0 Å². The standard InChI is InChI=1S/C26H33N3O5S/c1-18(2)34-25(30)23-20(4)27-26(31)29(24(23)21-12-9-11-19(3)17-21)16-10-15-28(5)35(32,33)22-13-7-6-8-14-22/h6-9,11-14,17-18,24H,10,15-16H2,1-5H3,(H,27,31). The van der Waals surface area contributed by atoms with Crippen molar-refractivity contribution in [3.8, 4) is 0 Å². The molecule has 188 valence electrons. The quantitative estimate of drug-likeness (QED) is 0.526. The molecule has 1 unspecified atom stereocenters. The van der Waals surface area contributed by atoms with Gasteiger partial charge in [0.25, 0.3) is 0 Å². The minimum absolute atomic E-state index is 0.204. The van der Waals surface area contributed by atoms with Crippen molar-refractivity contribution in [2.24, 2.45) is 0 Å². The van der Waals surface area contributed by atoms with E-state index in [1.807, 2.05) is 31.2 Å². The molecule has 8 nitrogen and oxygen atoms in total. The van der Waals surface area contributed by atoms with Crippen molar-refractivity contribution in [2.75, 3.05) is 20.1 Å². The number of amides is 2. The summed E-state index contributed by atoms with van der Waals surface area (Å²) < 4.78 is 32.5. The Hall–Kier alpha value is -3.17. The number of ether oxygens (including phenoxy) is 1. The van der Waals surface area contributed by atoms with E-state index >= 15 is 0 Å². The molecule has 2 aromatic carbocycles. The first-order valence-electron chi connectivity index (χ1n) is 11.6. The highest BCUT2D eigenvalue weighted by atomic mass is 32.2. The first-order chi connectivity index (χ1) is 16.5. The van der Waals surface area contributed by atoms with Crippen LogP contribution in [0, 0.1) is 6.92 Å². The Balaban J connectivity index is 1.86. The Labute approximate surface area is 207 Å². The number of sulfonamides is 1. The summed E-state index contributed by atoms with van der Waals surface area (Å²) in [7, 11) is -2.12.